The van der Waals surface area contributed by atoms with Gasteiger partial charge in [-0.05, 0) is 44.4 Å². The van der Waals surface area contributed by atoms with E-state index in [2.05, 4.69) is 0 Å². The monoisotopic (exact) mass is 388 g/mol. The van der Waals surface area contributed by atoms with Crippen LogP contribution in [0.25, 0.3) is 0 Å². The molecule has 1 fully saturated rings. The molecule has 8 heteroatoms. The van der Waals surface area contributed by atoms with E-state index in [0.29, 0.717) is 13.0 Å². The number of rotatable bonds is 7. The van der Waals surface area contributed by atoms with Crippen molar-refractivity contribution in [3.05, 3.63) is 34.9 Å². The molecule has 1 aromatic carbocycles. The molecule has 0 spiro atoms. The van der Waals surface area contributed by atoms with Gasteiger partial charge in [0.1, 0.15) is 6.54 Å². The van der Waals surface area contributed by atoms with Crippen molar-refractivity contribution in [2.45, 2.75) is 45.3 Å². The maximum absolute atomic E-state index is 12.9. The quantitative estimate of drug-likeness (QED) is 0.714. The molecule has 150 valence electrons. The van der Waals surface area contributed by atoms with Crippen LogP contribution in [0.4, 0.5) is 0 Å². The lowest BCUT2D eigenvalue weighted by Crippen LogP contribution is -2.41. The van der Waals surface area contributed by atoms with Crippen molar-refractivity contribution in [3.63, 3.8) is 0 Å². The number of carbonyl (C=O) groups excluding carboxylic acids is 3. The van der Waals surface area contributed by atoms with Crippen molar-refractivity contribution in [2.75, 3.05) is 19.7 Å². The second-order valence-electron chi connectivity index (χ2n) is 7.20. The van der Waals surface area contributed by atoms with E-state index in [0.717, 1.165) is 12.8 Å². The van der Waals surface area contributed by atoms with Crippen LogP contribution in [-0.4, -0.2) is 70.4 Å². The first-order chi connectivity index (χ1) is 13.3. The number of carboxylic acids is 1. The van der Waals surface area contributed by atoms with Crippen molar-refractivity contribution < 1.29 is 29.0 Å². The number of imide groups is 1. The van der Waals surface area contributed by atoms with E-state index in [-0.39, 0.29) is 41.3 Å². The number of carbonyl (C=O) groups is 4. The normalized spacial score (nSPS) is 19.6. The predicted octanol–water partition coefficient (Wildman–Crippen LogP) is 1.79. The van der Waals surface area contributed by atoms with E-state index in [1.807, 2.05) is 6.92 Å². The Labute approximate surface area is 163 Å². The second kappa shape index (κ2) is 8.10. The molecule has 0 radical (unpaired) electrons. The average molecular weight is 388 g/mol. The third-order valence-electron chi connectivity index (χ3n) is 5.32. The van der Waals surface area contributed by atoms with E-state index in [1.54, 1.807) is 6.92 Å². The summed E-state index contributed by atoms with van der Waals surface area (Å²) < 4.78 is 5.52. The van der Waals surface area contributed by atoms with Gasteiger partial charge in [0.05, 0.1) is 23.8 Å². The largest absolute Gasteiger partial charge is 0.480 e. The molecule has 1 N–H and O–H groups in total. The van der Waals surface area contributed by atoms with Gasteiger partial charge in [-0.2, -0.15) is 0 Å². The van der Waals surface area contributed by atoms with Crippen LogP contribution < -0.4 is 0 Å². The number of amides is 3. The van der Waals surface area contributed by atoms with Crippen LogP contribution in [0.3, 0.4) is 0 Å². The molecule has 2 aliphatic heterocycles. The summed E-state index contributed by atoms with van der Waals surface area (Å²) in [4.78, 5) is 51.8. The molecule has 0 bridgehead atoms. The van der Waals surface area contributed by atoms with Crippen molar-refractivity contribution in [3.8, 4) is 0 Å². The van der Waals surface area contributed by atoms with Crippen LogP contribution in [-0.2, 0) is 9.53 Å². The van der Waals surface area contributed by atoms with Gasteiger partial charge >= 0.3 is 5.97 Å². The van der Waals surface area contributed by atoms with Crippen LogP contribution in [0.5, 0.6) is 0 Å². The van der Waals surface area contributed by atoms with E-state index in [4.69, 9.17) is 9.84 Å². The first kappa shape index (κ1) is 20.0. The topological polar surface area (TPSA) is 104 Å². The van der Waals surface area contributed by atoms with Gasteiger partial charge in [-0.1, -0.05) is 6.92 Å². The second-order valence-corrected chi connectivity index (χ2v) is 7.20. The molecule has 2 aliphatic rings. The Morgan fingerprint density at radius 2 is 2.00 bits per heavy atom. The molecule has 1 aromatic rings. The molecule has 0 saturated carbocycles. The van der Waals surface area contributed by atoms with E-state index >= 15 is 0 Å². The molecule has 1 saturated heterocycles. The van der Waals surface area contributed by atoms with Crippen molar-refractivity contribution in [1.29, 1.82) is 0 Å². The lowest BCUT2D eigenvalue weighted by Gasteiger charge is -2.27. The molecular formula is C20H24N2O6. The van der Waals surface area contributed by atoms with E-state index in [1.165, 1.54) is 28.0 Å². The minimum absolute atomic E-state index is 0.153. The summed E-state index contributed by atoms with van der Waals surface area (Å²) in [6.45, 7) is 4.03. The fraction of sp³-hybridized carbons (Fsp3) is 0.500. The summed E-state index contributed by atoms with van der Waals surface area (Å²) in [7, 11) is 0. The highest BCUT2D eigenvalue weighted by atomic mass is 16.5. The number of benzene rings is 1. The summed E-state index contributed by atoms with van der Waals surface area (Å²) >= 11 is 0. The third kappa shape index (κ3) is 3.77. The van der Waals surface area contributed by atoms with E-state index < -0.39 is 24.3 Å². The van der Waals surface area contributed by atoms with Crippen LogP contribution in [0.2, 0.25) is 0 Å². The molecule has 2 atom stereocenters. The van der Waals surface area contributed by atoms with Gasteiger partial charge in [0.25, 0.3) is 17.7 Å². The van der Waals surface area contributed by atoms with Crippen LogP contribution >= 0.6 is 0 Å². The summed E-state index contributed by atoms with van der Waals surface area (Å²) in [5.41, 5.74) is 0.626. The maximum Gasteiger partial charge on any atom is 0.323 e. The first-order valence-electron chi connectivity index (χ1n) is 9.48. The highest BCUT2D eigenvalue weighted by molar-refractivity contribution is 6.22. The molecular weight excluding hydrogens is 364 g/mol. The lowest BCUT2D eigenvalue weighted by molar-refractivity contribution is -0.138. The van der Waals surface area contributed by atoms with Gasteiger partial charge in [-0.15, -0.1) is 0 Å². The van der Waals surface area contributed by atoms with Crippen LogP contribution in [0.15, 0.2) is 18.2 Å². The fourth-order valence-electron chi connectivity index (χ4n) is 3.54. The molecule has 2 unspecified atom stereocenters. The molecule has 3 amide bonds. The Morgan fingerprint density at radius 3 is 2.61 bits per heavy atom. The zero-order chi connectivity index (χ0) is 20.4. The van der Waals surface area contributed by atoms with E-state index in [9.17, 15) is 19.2 Å². The van der Waals surface area contributed by atoms with Gasteiger partial charge in [-0.3, -0.25) is 24.1 Å². The first-order valence-corrected chi connectivity index (χ1v) is 9.48. The zero-order valence-corrected chi connectivity index (χ0v) is 16.0. The van der Waals surface area contributed by atoms with Crippen molar-refractivity contribution in [1.82, 2.24) is 9.80 Å². The lowest BCUT2D eigenvalue weighted by atomic mass is 10.0. The van der Waals surface area contributed by atoms with Crippen molar-refractivity contribution >= 4 is 23.7 Å². The van der Waals surface area contributed by atoms with Gasteiger partial charge < -0.3 is 14.7 Å². The Bertz CT molecular complexity index is 815. The van der Waals surface area contributed by atoms with Crippen molar-refractivity contribution in [2.24, 2.45) is 0 Å². The average Bonchev–Trinajstić information content (AvgIpc) is 3.27. The molecule has 0 aliphatic carbocycles. The highest BCUT2D eigenvalue weighted by Gasteiger charge is 2.38. The summed E-state index contributed by atoms with van der Waals surface area (Å²) in [6, 6.07) is 4.06. The summed E-state index contributed by atoms with van der Waals surface area (Å²) in [6.07, 6.45) is 2.15. The smallest absolute Gasteiger partial charge is 0.323 e. The highest BCUT2D eigenvalue weighted by Crippen LogP contribution is 2.26. The van der Waals surface area contributed by atoms with Gasteiger partial charge in [-0.25, -0.2) is 0 Å². The Kier molecular flexibility index (Phi) is 5.79. The zero-order valence-electron chi connectivity index (χ0n) is 16.0. The third-order valence-corrected chi connectivity index (χ3v) is 5.32. The Balaban J connectivity index is 1.84. The predicted molar refractivity (Wildman–Crippen MR) is 99.2 cm³/mol. The molecule has 8 nitrogen and oxygen atoms in total. The Hall–Kier alpha value is -2.74. The van der Waals surface area contributed by atoms with Crippen LogP contribution in [0.1, 0.15) is 64.2 Å². The summed E-state index contributed by atoms with van der Waals surface area (Å²) in [5.74, 6) is -2.42. The maximum atomic E-state index is 12.9. The molecule has 3 rings (SSSR count). The standard InChI is InChI=1S/C20H24N2O6/c1-3-12(2)21(11-17(23)24)18(25)13-6-7-15-16(9-13)20(27)22(19(15)26)10-14-5-4-8-28-14/h6-7,9,12,14H,3-5,8,10-11H2,1-2H3,(H,23,24). The molecule has 2 heterocycles. The van der Waals surface area contributed by atoms with Gasteiger partial charge in [0.15, 0.2) is 0 Å². The fourth-order valence-corrected chi connectivity index (χ4v) is 3.54. The minimum Gasteiger partial charge on any atom is -0.480 e. The number of aliphatic carboxylic acids is 1. The number of fused-ring (bicyclic) bond motifs is 1. The summed E-state index contributed by atoms with van der Waals surface area (Å²) in [5, 5.41) is 9.12. The van der Waals surface area contributed by atoms with Gasteiger partial charge in [0, 0.05) is 18.2 Å². The van der Waals surface area contributed by atoms with Crippen LogP contribution in [0, 0.1) is 0 Å². The molecule has 0 aromatic heterocycles. The minimum atomic E-state index is -1.11. The SMILES string of the molecule is CCC(C)N(CC(=O)O)C(=O)c1ccc2c(c1)C(=O)N(CC1CCCO1)C2=O. The number of hydrogen-bond donors (Lipinski definition) is 1. The Morgan fingerprint density at radius 1 is 1.29 bits per heavy atom. The molecule has 28 heavy (non-hydrogen) atoms. The number of hydrogen-bond acceptors (Lipinski definition) is 5. The number of nitrogens with zero attached hydrogens (tertiary/aromatic N) is 2. The number of ether oxygens (including phenoxy) is 1. The van der Waals surface area contributed by atoms with Gasteiger partial charge in [0.2, 0.25) is 0 Å². The number of carboxylic acid groups (broad SMARTS) is 1.